The monoisotopic (exact) mass is 292 g/mol. The topological polar surface area (TPSA) is 57.5 Å². The Kier molecular flexibility index (Phi) is 4.05. The van der Waals surface area contributed by atoms with Crippen LogP contribution >= 0.6 is 11.6 Å². The van der Waals surface area contributed by atoms with E-state index < -0.39 is 17.4 Å². The maximum Gasteiger partial charge on any atom is 0.193 e. The second-order valence-corrected chi connectivity index (χ2v) is 4.50. The summed E-state index contributed by atoms with van der Waals surface area (Å²) in [4.78, 5) is 11.9. The molecule has 0 saturated carbocycles. The number of rotatable bonds is 3. The maximum atomic E-state index is 13.0. The third kappa shape index (κ3) is 3.16. The van der Waals surface area contributed by atoms with Gasteiger partial charge in [-0.05, 0) is 30.3 Å². The van der Waals surface area contributed by atoms with E-state index in [2.05, 4.69) is 0 Å². The van der Waals surface area contributed by atoms with E-state index >= 15 is 0 Å². The lowest BCUT2D eigenvalue weighted by Crippen LogP contribution is -1.97. The fraction of sp³-hybridized carbons (Fsp3) is 0. The largest absolute Gasteiger partial charge is 0.507 e. The Morgan fingerprint density at radius 3 is 2.65 bits per heavy atom. The van der Waals surface area contributed by atoms with Crippen molar-refractivity contribution in [3.05, 3.63) is 70.5 Å². The molecule has 20 heavy (non-hydrogen) atoms. The first-order valence-corrected chi connectivity index (χ1v) is 6.04. The zero-order chi connectivity index (χ0) is 14.7. The minimum absolute atomic E-state index is 0.0412. The fourth-order valence-electron chi connectivity index (χ4n) is 1.64. The van der Waals surface area contributed by atoms with Gasteiger partial charge in [0, 0.05) is 16.7 Å². The van der Waals surface area contributed by atoms with E-state index in [0.29, 0.717) is 0 Å². The van der Waals surface area contributed by atoms with E-state index in [-0.39, 0.29) is 21.9 Å². The van der Waals surface area contributed by atoms with Crippen molar-refractivity contribution in [1.29, 1.82) is 0 Å². The fourth-order valence-corrected chi connectivity index (χ4v) is 1.81. The lowest BCUT2D eigenvalue weighted by atomic mass is 10.1. The molecule has 2 aromatic rings. The molecule has 2 rings (SSSR count). The van der Waals surface area contributed by atoms with Gasteiger partial charge in [-0.25, -0.2) is 4.39 Å². The summed E-state index contributed by atoms with van der Waals surface area (Å²) in [6, 6.07) is 9.19. The molecule has 0 aromatic heterocycles. The van der Waals surface area contributed by atoms with Crippen molar-refractivity contribution in [2.75, 3.05) is 0 Å². The van der Waals surface area contributed by atoms with Gasteiger partial charge in [0.15, 0.2) is 5.78 Å². The highest BCUT2D eigenvalue weighted by Gasteiger charge is 2.11. The minimum atomic E-state index is -0.633. The van der Waals surface area contributed by atoms with Crippen molar-refractivity contribution < 1.29 is 19.4 Å². The van der Waals surface area contributed by atoms with Crippen molar-refractivity contribution in [2.24, 2.45) is 0 Å². The molecule has 0 saturated heterocycles. The zero-order valence-corrected chi connectivity index (χ0v) is 10.9. The van der Waals surface area contributed by atoms with Gasteiger partial charge in [-0.2, -0.15) is 0 Å². The number of benzene rings is 2. The van der Waals surface area contributed by atoms with Crippen LogP contribution in [0.2, 0.25) is 5.02 Å². The molecule has 2 aromatic carbocycles. The summed E-state index contributed by atoms with van der Waals surface area (Å²) in [5, 5.41) is 19.7. The minimum Gasteiger partial charge on any atom is -0.507 e. The van der Waals surface area contributed by atoms with E-state index in [0.717, 1.165) is 12.1 Å². The molecule has 3 nitrogen and oxygen atoms in total. The summed E-state index contributed by atoms with van der Waals surface area (Å²) >= 11 is 5.74. The number of carbonyl (C=O) groups excluding carboxylic acids is 1. The van der Waals surface area contributed by atoms with Crippen molar-refractivity contribution in [3.8, 4) is 5.75 Å². The van der Waals surface area contributed by atoms with Gasteiger partial charge in [-0.3, -0.25) is 4.79 Å². The number of hydrogen-bond acceptors (Lipinski definition) is 3. The normalized spacial score (nSPS) is 11.4. The number of aliphatic hydroxyl groups is 1. The number of phenols is 1. The Hall–Kier alpha value is -2.33. The van der Waals surface area contributed by atoms with Crippen LogP contribution in [0.3, 0.4) is 0 Å². The molecule has 0 fully saturated rings. The van der Waals surface area contributed by atoms with Crippen molar-refractivity contribution in [1.82, 2.24) is 0 Å². The number of aromatic hydroxyl groups is 1. The van der Waals surface area contributed by atoms with Gasteiger partial charge in [0.1, 0.15) is 17.3 Å². The quantitative estimate of drug-likeness (QED) is 0.511. The average molecular weight is 293 g/mol. The molecule has 0 unspecified atom stereocenters. The lowest BCUT2D eigenvalue weighted by Gasteiger charge is -2.03. The zero-order valence-electron chi connectivity index (χ0n) is 10.2. The molecule has 102 valence electrons. The Labute approximate surface area is 119 Å². The van der Waals surface area contributed by atoms with E-state index in [4.69, 9.17) is 11.6 Å². The summed E-state index contributed by atoms with van der Waals surface area (Å²) in [6.07, 6.45) is 0.903. The summed E-state index contributed by atoms with van der Waals surface area (Å²) in [7, 11) is 0. The van der Waals surface area contributed by atoms with E-state index in [1.807, 2.05) is 0 Å². The van der Waals surface area contributed by atoms with Gasteiger partial charge in [0.25, 0.3) is 0 Å². The Morgan fingerprint density at radius 1 is 1.20 bits per heavy atom. The van der Waals surface area contributed by atoms with Crippen molar-refractivity contribution in [3.63, 3.8) is 0 Å². The van der Waals surface area contributed by atoms with Gasteiger partial charge < -0.3 is 10.2 Å². The number of ketones is 1. The molecule has 0 amide bonds. The Morgan fingerprint density at radius 2 is 1.95 bits per heavy atom. The first-order valence-electron chi connectivity index (χ1n) is 5.67. The maximum absolute atomic E-state index is 13.0. The summed E-state index contributed by atoms with van der Waals surface area (Å²) in [5.41, 5.74) is 0.125. The van der Waals surface area contributed by atoms with Gasteiger partial charge >= 0.3 is 0 Å². The Balaban J connectivity index is 2.34. The first kappa shape index (κ1) is 14.1. The lowest BCUT2D eigenvalue weighted by molar-refractivity contribution is 0.104. The molecule has 0 heterocycles. The number of hydrogen-bond donors (Lipinski definition) is 2. The van der Waals surface area contributed by atoms with Crippen LogP contribution in [0.5, 0.6) is 5.75 Å². The third-order valence-electron chi connectivity index (χ3n) is 2.61. The summed E-state index contributed by atoms with van der Waals surface area (Å²) < 4.78 is 13.0. The number of phenolic OH excluding ortho intramolecular Hbond substituents is 1. The SMILES string of the molecule is O=C(/C=C(\O)c1cccc(F)c1)c1cc(Cl)ccc1O. The number of allylic oxidation sites excluding steroid dienone is 1. The van der Waals surface area contributed by atoms with Crippen LogP contribution in [0.4, 0.5) is 4.39 Å². The second-order valence-electron chi connectivity index (χ2n) is 4.07. The molecule has 0 spiro atoms. The highest BCUT2D eigenvalue weighted by Crippen LogP contribution is 2.23. The Bertz CT molecular complexity index is 695. The van der Waals surface area contributed by atoms with Gasteiger partial charge in [0.05, 0.1) is 5.56 Å². The van der Waals surface area contributed by atoms with Crippen molar-refractivity contribution >= 4 is 23.1 Å². The molecule has 0 aliphatic rings. The third-order valence-corrected chi connectivity index (χ3v) is 2.85. The van der Waals surface area contributed by atoms with E-state index in [1.165, 1.54) is 36.4 Å². The molecule has 0 radical (unpaired) electrons. The van der Waals surface area contributed by atoms with Crippen molar-refractivity contribution in [2.45, 2.75) is 0 Å². The number of halogens is 2. The molecular formula is C15H10ClFO3. The van der Waals surface area contributed by atoms with E-state index in [1.54, 1.807) is 0 Å². The van der Waals surface area contributed by atoms with Gasteiger partial charge in [-0.15, -0.1) is 0 Å². The van der Waals surface area contributed by atoms with Gasteiger partial charge in [-0.1, -0.05) is 23.7 Å². The first-order chi connectivity index (χ1) is 9.47. The molecule has 2 N–H and O–H groups in total. The van der Waals surface area contributed by atoms with Crippen LogP contribution in [0, 0.1) is 5.82 Å². The predicted octanol–water partition coefficient (Wildman–Crippen LogP) is 3.97. The highest BCUT2D eigenvalue weighted by molar-refractivity contribution is 6.31. The van der Waals surface area contributed by atoms with Crippen LogP contribution in [0.1, 0.15) is 15.9 Å². The highest BCUT2D eigenvalue weighted by atomic mass is 35.5. The van der Waals surface area contributed by atoms with Crippen LogP contribution in [-0.4, -0.2) is 16.0 Å². The smallest absolute Gasteiger partial charge is 0.193 e. The summed E-state index contributed by atoms with van der Waals surface area (Å²) in [6.45, 7) is 0. The van der Waals surface area contributed by atoms with Crippen LogP contribution in [-0.2, 0) is 0 Å². The van der Waals surface area contributed by atoms with Crippen LogP contribution in [0.15, 0.2) is 48.5 Å². The van der Waals surface area contributed by atoms with Crippen LogP contribution < -0.4 is 0 Å². The molecule has 0 aliphatic heterocycles. The molecule has 5 heteroatoms. The van der Waals surface area contributed by atoms with E-state index in [9.17, 15) is 19.4 Å². The van der Waals surface area contributed by atoms with Gasteiger partial charge in [0.2, 0.25) is 0 Å². The molecular weight excluding hydrogens is 283 g/mol. The standard InChI is InChI=1S/C15H10ClFO3/c16-10-4-5-13(18)12(7-10)15(20)8-14(19)9-2-1-3-11(17)6-9/h1-8,18-19H/b14-8-. The second kappa shape index (κ2) is 5.75. The number of aliphatic hydroxyl groups excluding tert-OH is 1. The predicted molar refractivity (Wildman–Crippen MR) is 74.5 cm³/mol. The molecule has 0 atom stereocenters. The van der Waals surface area contributed by atoms with Crippen LogP contribution in [0.25, 0.3) is 5.76 Å². The molecule has 0 aliphatic carbocycles. The average Bonchev–Trinajstić information content (AvgIpc) is 2.41. The summed E-state index contributed by atoms with van der Waals surface area (Å²) in [5.74, 6) is -1.80. The molecule has 0 bridgehead atoms. The number of carbonyl (C=O) groups is 1.